The van der Waals surface area contributed by atoms with Gasteiger partial charge >= 0.3 is 0 Å². The Morgan fingerprint density at radius 2 is 1.82 bits per heavy atom. The van der Waals surface area contributed by atoms with Crippen molar-refractivity contribution in [2.75, 3.05) is 5.32 Å². The van der Waals surface area contributed by atoms with Crippen LogP contribution in [0, 0.1) is 0 Å². The van der Waals surface area contributed by atoms with Crippen LogP contribution in [-0.2, 0) is 6.42 Å². The lowest BCUT2D eigenvalue weighted by molar-refractivity contribution is 0.609. The molecular weight excluding hydrogens is 335 g/mol. The summed E-state index contributed by atoms with van der Waals surface area (Å²) in [5.41, 5.74) is 2.04. The molecule has 0 fully saturated rings. The number of benzene rings is 2. The second-order valence-corrected chi connectivity index (χ2v) is 6.32. The largest absolute Gasteiger partial charge is 0.360 e. The standard InChI is InChI=1S/C17H18Cl2N2S/c1-12(10-11-13-6-3-2-4-7-13)20-17(22)21-15-9-5-8-14(18)16(15)19/h2-9,12H,10-11H2,1H3,(H2,20,21,22). The molecule has 5 heteroatoms. The van der Waals surface area contributed by atoms with E-state index in [0.717, 1.165) is 12.8 Å². The Kier molecular flexibility index (Phi) is 6.49. The Morgan fingerprint density at radius 1 is 1.09 bits per heavy atom. The minimum absolute atomic E-state index is 0.262. The molecule has 116 valence electrons. The van der Waals surface area contributed by atoms with Crippen molar-refractivity contribution in [1.29, 1.82) is 0 Å². The van der Waals surface area contributed by atoms with Crippen molar-refractivity contribution in [3.8, 4) is 0 Å². The first-order valence-corrected chi connectivity index (χ1v) is 8.28. The Morgan fingerprint density at radius 3 is 2.55 bits per heavy atom. The van der Waals surface area contributed by atoms with Crippen molar-refractivity contribution in [3.05, 3.63) is 64.1 Å². The quantitative estimate of drug-likeness (QED) is 0.713. The van der Waals surface area contributed by atoms with Gasteiger partial charge in [0.25, 0.3) is 0 Å². The van der Waals surface area contributed by atoms with Gasteiger partial charge < -0.3 is 10.6 Å². The molecule has 1 atom stereocenters. The zero-order valence-electron chi connectivity index (χ0n) is 12.3. The monoisotopic (exact) mass is 352 g/mol. The van der Waals surface area contributed by atoms with E-state index in [0.29, 0.717) is 20.8 Å². The molecule has 0 saturated heterocycles. The first kappa shape index (κ1) is 17.1. The molecular formula is C17H18Cl2N2S. The molecule has 2 aromatic carbocycles. The zero-order chi connectivity index (χ0) is 15.9. The van der Waals surface area contributed by atoms with Crippen molar-refractivity contribution < 1.29 is 0 Å². The van der Waals surface area contributed by atoms with Crippen molar-refractivity contribution in [2.24, 2.45) is 0 Å². The van der Waals surface area contributed by atoms with Crippen molar-refractivity contribution in [3.63, 3.8) is 0 Å². The number of hydrogen-bond acceptors (Lipinski definition) is 1. The van der Waals surface area contributed by atoms with Crippen LogP contribution in [0.2, 0.25) is 10.0 Å². The number of halogens is 2. The summed E-state index contributed by atoms with van der Waals surface area (Å²) in [5, 5.41) is 7.88. The minimum Gasteiger partial charge on any atom is -0.360 e. The Bertz CT molecular complexity index is 632. The second-order valence-electron chi connectivity index (χ2n) is 5.13. The molecule has 0 aromatic heterocycles. The summed E-state index contributed by atoms with van der Waals surface area (Å²) in [5.74, 6) is 0. The molecule has 0 amide bonds. The molecule has 22 heavy (non-hydrogen) atoms. The van der Waals surface area contributed by atoms with Gasteiger partial charge in [-0.05, 0) is 49.7 Å². The first-order chi connectivity index (χ1) is 10.6. The summed E-state index contributed by atoms with van der Waals surface area (Å²) in [6.07, 6.45) is 2.00. The highest BCUT2D eigenvalue weighted by molar-refractivity contribution is 7.80. The molecule has 2 aromatic rings. The molecule has 2 nitrogen and oxygen atoms in total. The maximum Gasteiger partial charge on any atom is 0.171 e. The highest BCUT2D eigenvalue weighted by atomic mass is 35.5. The van der Waals surface area contributed by atoms with Crippen LogP contribution >= 0.6 is 35.4 Å². The minimum atomic E-state index is 0.262. The van der Waals surface area contributed by atoms with Crippen molar-refractivity contribution >= 4 is 46.2 Å². The molecule has 0 heterocycles. The third-order valence-corrected chi connectivity index (χ3v) is 4.32. The SMILES string of the molecule is CC(CCc1ccccc1)NC(=S)Nc1cccc(Cl)c1Cl. The van der Waals surface area contributed by atoms with Gasteiger partial charge in [0, 0.05) is 6.04 Å². The molecule has 2 N–H and O–H groups in total. The van der Waals surface area contributed by atoms with Crippen LogP contribution in [0.25, 0.3) is 0 Å². The maximum atomic E-state index is 6.13. The highest BCUT2D eigenvalue weighted by Gasteiger charge is 2.08. The summed E-state index contributed by atoms with van der Waals surface area (Å²) < 4.78 is 0. The van der Waals surface area contributed by atoms with Gasteiger partial charge in [0.15, 0.2) is 5.11 Å². The topological polar surface area (TPSA) is 24.1 Å². The van der Waals surface area contributed by atoms with Crippen LogP contribution in [0.3, 0.4) is 0 Å². The molecule has 0 aliphatic rings. The molecule has 0 aliphatic carbocycles. The number of rotatable bonds is 5. The predicted octanol–water partition coefficient (Wildman–Crippen LogP) is 5.30. The Hall–Kier alpha value is -1.29. The summed E-state index contributed by atoms with van der Waals surface area (Å²) in [6, 6.07) is 16.1. The first-order valence-electron chi connectivity index (χ1n) is 7.11. The molecule has 0 radical (unpaired) electrons. The molecule has 0 bridgehead atoms. The van der Waals surface area contributed by atoms with E-state index in [1.807, 2.05) is 18.2 Å². The predicted molar refractivity (Wildman–Crippen MR) is 100 cm³/mol. The van der Waals surface area contributed by atoms with E-state index in [4.69, 9.17) is 35.4 Å². The van der Waals surface area contributed by atoms with Gasteiger partial charge in [0.1, 0.15) is 0 Å². The lowest BCUT2D eigenvalue weighted by Gasteiger charge is -2.17. The van der Waals surface area contributed by atoms with Gasteiger partial charge in [-0.15, -0.1) is 0 Å². The third kappa shape index (κ3) is 5.16. The van der Waals surface area contributed by atoms with Gasteiger partial charge in [0.05, 0.1) is 15.7 Å². The van der Waals surface area contributed by atoms with E-state index < -0.39 is 0 Å². The average molecular weight is 353 g/mol. The summed E-state index contributed by atoms with van der Waals surface area (Å²) in [7, 11) is 0. The van der Waals surface area contributed by atoms with Crippen LogP contribution in [0.15, 0.2) is 48.5 Å². The van der Waals surface area contributed by atoms with E-state index in [1.165, 1.54) is 5.56 Å². The fourth-order valence-corrected chi connectivity index (χ4v) is 2.74. The Labute approximate surface area is 146 Å². The van der Waals surface area contributed by atoms with E-state index in [2.05, 4.69) is 41.8 Å². The van der Waals surface area contributed by atoms with Crippen LogP contribution in [0.5, 0.6) is 0 Å². The fourth-order valence-electron chi connectivity index (χ4n) is 2.08. The Balaban J connectivity index is 1.82. The highest BCUT2D eigenvalue weighted by Crippen LogP contribution is 2.29. The summed E-state index contributed by atoms with van der Waals surface area (Å²) in [6.45, 7) is 2.11. The van der Waals surface area contributed by atoms with E-state index in [9.17, 15) is 0 Å². The van der Waals surface area contributed by atoms with Gasteiger partial charge in [-0.1, -0.05) is 59.6 Å². The molecule has 0 aliphatic heterocycles. The maximum absolute atomic E-state index is 6.13. The zero-order valence-corrected chi connectivity index (χ0v) is 14.6. The van der Waals surface area contributed by atoms with Crippen LogP contribution in [0.1, 0.15) is 18.9 Å². The van der Waals surface area contributed by atoms with Gasteiger partial charge in [0.2, 0.25) is 0 Å². The fraction of sp³-hybridized carbons (Fsp3) is 0.235. The van der Waals surface area contributed by atoms with E-state index in [-0.39, 0.29) is 6.04 Å². The molecule has 0 saturated carbocycles. The average Bonchev–Trinajstić information content (AvgIpc) is 2.51. The van der Waals surface area contributed by atoms with Crippen molar-refractivity contribution in [2.45, 2.75) is 25.8 Å². The van der Waals surface area contributed by atoms with Crippen LogP contribution < -0.4 is 10.6 Å². The molecule has 1 unspecified atom stereocenters. The van der Waals surface area contributed by atoms with Crippen LogP contribution in [-0.4, -0.2) is 11.2 Å². The third-order valence-electron chi connectivity index (χ3n) is 3.29. The second kappa shape index (κ2) is 8.37. The number of thiocarbonyl (C=S) groups is 1. The van der Waals surface area contributed by atoms with E-state index >= 15 is 0 Å². The summed E-state index contributed by atoms with van der Waals surface area (Å²) in [4.78, 5) is 0. The number of anilines is 1. The van der Waals surface area contributed by atoms with Crippen molar-refractivity contribution in [1.82, 2.24) is 5.32 Å². The normalized spacial score (nSPS) is 11.8. The smallest absolute Gasteiger partial charge is 0.171 e. The lowest BCUT2D eigenvalue weighted by Crippen LogP contribution is -2.36. The van der Waals surface area contributed by atoms with E-state index in [1.54, 1.807) is 6.07 Å². The molecule has 0 spiro atoms. The summed E-state index contributed by atoms with van der Waals surface area (Å²) >= 11 is 17.4. The number of hydrogen-bond donors (Lipinski definition) is 2. The number of aryl methyl sites for hydroxylation is 1. The molecule has 2 rings (SSSR count). The lowest BCUT2D eigenvalue weighted by atomic mass is 10.1. The van der Waals surface area contributed by atoms with Gasteiger partial charge in [-0.2, -0.15) is 0 Å². The van der Waals surface area contributed by atoms with Crippen LogP contribution in [0.4, 0.5) is 5.69 Å². The van der Waals surface area contributed by atoms with Gasteiger partial charge in [-0.25, -0.2) is 0 Å². The number of nitrogens with one attached hydrogen (secondary N) is 2. The van der Waals surface area contributed by atoms with Gasteiger partial charge in [-0.3, -0.25) is 0 Å².